The van der Waals surface area contributed by atoms with Crippen LogP contribution in [-0.4, -0.2) is 37.4 Å². The van der Waals surface area contributed by atoms with E-state index >= 15 is 0 Å². The first-order valence-electron chi connectivity index (χ1n) is 9.95. The molecule has 10 heteroatoms. The Kier molecular flexibility index (Phi) is 5.01. The van der Waals surface area contributed by atoms with Crippen molar-refractivity contribution in [3.63, 3.8) is 0 Å². The van der Waals surface area contributed by atoms with Gasteiger partial charge in [0.15, 0.2) is 16.9 Å². The van der Waals surface area contributed by atoms with Crippen LogP contribution in [0.4, 0.5) is 5.13 Å². The predicted molar refractivity (Wildman–Crippen MR) is 122 cm³/mol. The molecule has 1 aliphatic rings. The summed E-state index contributed by atoms with van der Waals surface area (Å²) >= 11 is 1.19. The average Bonchev–Trinajstić information content (AvgIpc) is 3.45. The average molecular weight is 465 g/mol. The fourth-order valence-corrected chi connectivity index (χ4v) is 4.72. The maximum atomic E-state index is 13.7. The van der Waals surface area contributed by atoms with Crippen molar-refractivity contribution in [1.82, 2.24) is 10.2 Å². The molecular formula is C23H19N3O6S. The number of aromatic nitrogens is 2. The highest BCUT2D eigenvalue weighted by atomic mass is 32.1. The largest absolute Gasteiger partial charge is 0.493 e. The first kappa shape index (κ1) is 21.0. The van der Waals surface area contributed by atoms with Crippen LogP contribution in [-0.2, 0) is 0 Å². The summed E-state index contributed by atoms with van der Waals surface area (Å²) in [5.41, 5.74) is 3.29. The summed E-state index contributed by atoms with van der Waals surface area (Å²) < 4.78 is 22.4. The van der Waals surface area contributed by atoms with Crippen molar-refractivity contribution in [2.24, 2.45) is 0 Å². The predicted octanol–water partition coefficient (Wildman–Crippen LogP) is 3.73. The maximum absolute atomic E-state index is 13.7. The number of aryl methyl sites for hydroxylation is 1. The molecule has 0 saturated heterocycles. The molecule has 0 aliphatic carbocycles. The van der Waals surface area contributed by atoms with Gasteiger partial charge >= 0.3 is 0 Å². The Balaban J connectivity index is 1.84. The van der Waals surface area contributed by atoms with E-state index in [-0.39, 0.29) is 16.8 Å². The van der Waals surface area contributed by atoms with Crippen LogP contribution < -0.4 is 24.5 Å². The number of nitrogens with zero attached hydrogens (tertiary/aromatic N) is 3. The summed E-state index contributed by atoms with van der Waals surface area (Å²) in [6.45, 7) is 1.89. The minimum absolute atomic E-state index is 0.0229. The molecule has 0 saturated carbocycles. The molecule has 1 amide bonds. The van der Waals surface area contributed by atoms with E-state index in [0.29, 0.717) is 38.9 Å². The molecule has 3 heterocycles. The maximum Gasteiger partial charge on any atom is 0.297 e. The fraction of sp³-hybridized carbons (Fsp3) is 0.217. The van der Waals surface area contributed by atoms with E-state index in [1.54, 1.807) is 24.3 Å². The summed E-state index contributed by atoms with van der Waals surface area (Å²) in [4.78, 5) is 28.6. The molecule has 1 aliphatic heterocycles. The SMILES string of the molecule is COc1cc([C@H]2c3c(oc4ccc(C)cc4c3=O)C(=O)N2c2nncs2)cc(OC)c1OC. The minimum Gasteiger partial charge on any atom is -0.493 e. The van der Waals surface area contributed by atoms with Crippen molar-refractivity contribution in [3.05, 3.63) is 68.5 Å². The molecular weight excluding hydrogens is 446 g/mol. The topological polar surface area (TPSA) is 104 Å². The van der Waals surface area contributed by atoms with Crippen LogP contribution in [0.1, 0.15) is 33.3 Å². The molecule has 0 fully saturated rings. The Bertz CT molecular complexity index is 1420. The van der Waals surface area contributed by atoms with Crippen LogP contribution in [0, 0.1) is 6.92 Å². The number of carbonyl (C=O) groups is 1. The van der Waals surface area contributed by atoms with Gasteiger partial charge in [-0.1, -0.05) is 23.0 Å². The van der Waals surface area contributed by atoms with E-state index in [2.05, 4.69) is 10.2 Å². The Morgan fingerprint density at radius 2 is 1.76 bits per heavy atom. The summed E-state index contributed by atoms with van der Waals surface area (Å²) in [6.07, 6.45) is 0. The third-order valence-electron chi connectivity index (χ3n) is 5.58. The van der Waals surface area contributed by atoms with Crippen LogP contribution in [0.2, 0.25) is 0 Å². The van der Waals surface area contributed by atoms with Crippen LogP contribution in [0.15, 0.2) is 45.1 Å². The third kappa shape index (κ3) is 3.13. The van der Waals surface area contributed by atoms with Crippen LogP contribution >= 0.6 is 11.3 Å². The Hall–Kier alpha value is -3.92. The second-order valence-corrected chi connectivity index (χ2v) is 8.24. The molecule has 0 N–H and O–H groups in total. The molecule has 2 aromatic carbocycles. The van der Waals surface area contributed by atoms with Gasteiger partial charge in [0.05, 0.1) is 38.3 Å². The quantitative estimate of drug-likeness (QED) is 0.439. The van der Waals surface area contributed by atoms with Gasteiger partial charge in [0, 0.05) is 0 Å². The lowest BCUT2D eigenvalue weighted by Crippen LogP contribution is -2.29. The van der Waals surface area contributed by atoms with Gasteiger partial charge < -0.3 is 18.6 Å². The zero-order valence-corrected chi connectivity index (χ0v) is 19.1. The van der Waals surface area contributed by atoms with Crippen molar-refractivity contribution in [2.45, 2.75) is 13.0 Å². The van der Waals surface area contributed by atoms with E-state index in [1.165, 1.54) is 43.1 Å². The fourth-order valence-electron chi connectivity index (χ4n) is 4.13. The number of rotatable bonds is 5. The van der Waals surface area contributed by atoms with E-state index < -0.39 is 11.9 Å². The number of fused-ring (bicyclic) bond motifs is 2. The van der Waals surface area contributed by atoms with Gasteiger partial charge in [-0.25, -0.2) is 0 Å². The first-order valence-corrected chi connectivity index (χ1v) is 10.8. The number of amides is 1. The summed E-state index contributed by atoms with van der Waals surface area (Å²) in [6, 6.07) is 7.88. The zero-order valence-electron chi connectivity index (χ0n) is 18.2. The van der Waals surface area contributed by atoms with Crippen molar-refractivity contribution in [3.8, 4) is 17.2 Å². The van der Waals surface area contributed by atoms with Gasteiger partial charge in [-0.05, 0) is 36.8 Å². The lowest BCUT2D eigenvalue weighted by molar-refractivity contribution is 0.0970. The van der Waals surface area contributed by atoms with Crippen LogP contribution in [0.25, 0.3) is 11.0 Å². The Morgan fingerprint density at radius 1 is 1.03 bits per heavy atom. The summed E-state index contributed by atoms with van der Waals surface area (Å²) in [5, 5.41) is 8.69. The number of hydrogen-bond donors (Lipinski definition) is 0. The summed E-state index contributed by atoms with van der Waals surface area (Å²) in [7, 11) is 4.51. The molecule has 0 radical (unpaired) electrons. The molecule has 0 spiro atoms. The second-order valence-electron chi connectivity index (χ2n) is 7.43. The minimum atomic E-state index is -0.824. The monoisotopic (exact) mass is 465 g/mol. The number of methoxy groups -OCH3 is 3. The normalized spacial score (nSPS) is 15.1. The Morgan fingerprint density at radius 3 is 2.36 bits per heavy atom. The van der Waals surface area contributed by atoms with Gasteiger partial charge in [-0.3, -0.25) is 14.5 Å². The van der Waals surface area contributed by atoms with E-state index in [0.717, 1.165) is 5.56 Å². The van der Waals surface area contributed by atoms with Gasteiger partial charge in [0.25, 0.3) is 5.91 Å². The van der Waals surface area contributed by atoms with E-state index in [9.17, 15) is 9.59 Å². The standard InChI is InChI=1S/C23H19N3O6S/c1-11-5-6-14-13(7-11)19(27)17-18(12-8-15(29-2)20(31-4)16(9-12)30-3)26(22(28)21(17)32-14)23-25-24-10-33-23/h5-10,18H,1-4H3/t18-/m0/s1. The first-order chi connectivity index (χ1) is 16.0. The van der Waals surface area contributed by atoms with Gasteiger partial charge in [0.2, 0.25) is 16.6 Å². The zero-order chi connectivity index (χ0) is 23.3. The molecule has 0 bridgehead atoms. The summed E-state index contributed by atoms with van der Waals surface area (Å²) in [5.74, 6) is 0.694. The van der Waals surface area contributed by atoms with E-state index in [1.807, 2.05) is 13.0 Å². The van der Waals surface area contributed by atoms with Gasteiger partial charge in [-0.2, -0.15) is 0 Å². The number of hydrogen-bond acceptors (Lipinski definition) is 9. The Labute approximate surface area is 192 Å². The van der Waals surface area contributed by atoms with Crippen LogP contribution in [0.3, 0.4) is 0 Å². The molecule has 1 atom stereocenters. The number of anilines is 1. The van der Waals surface area contributed by atoms with Gasteiger partial charge in [0.1, 0.15) is 11.1 Å². The molecule has 33 heavy (non-hydrogen) atoms. The molecule has 4 aromatic rings. The highest BCUT2D eigenvalue weighted by Crippen LogP contribution is 2.46. The third-order valence-corrected chi connectivity index (χ3v) is 6.27. The molecule has 2 aromatic heterocycles. The number of ether oxygens (including phenoxy) is 3. The lowest BCUT2D eigenvalue weighted by atomic mass is 9.97. The van der Waals surface area contributed by atoms with E-state index in [4.69, 9.17) is 18.6 Å². The van der Waals surface area contributed by atoms with Crippen molar-refractivity contribution >= 4 is 33.3 Å². The number of carbonyl (C=O) groups excluding carboxylic acids is 1. The van der Waals surface area contributed by atoms with Crippen molar-refractivity contribution in [2.75, 3.05) is 26.2 Å². The number of benzene rings is 2. The molecule has 9 nitrogen and oxygen atoms in total. The van der Waals surface area contributed by atoms with Crippen molar-refractivity contribution in [1.29, 1.82) is 0 Å². The second kappa shape index (κ2) is 7.89. The van der Waals surface area contributed by atoms with Crippen molar-refractivity contribution < 1.29 is 23.4 Å². The molecule has 0 unspecified atom stereocenters. The smallest absolute Gasteiger partial charge is 0.297 e. The van der Waals surface area contributed by atoms with Crippen LogP contribution in [0.5, 0.6) is 17.2 Å². The molecule has 168 valence electrons. The molecule has 5 rings (SSSR count). The lowest BCUT2D eigenvalue weighted by Gasteiger charge is -2.23. The highest BCUT2D eigenvalue weighted by Gasteiger charge is 2.45. The highest BCUT2D eigenvalue weighted by molar-refractivity contribution is 7.13. The van der Waals surface area contributed by atoms with Gasteiger partial charge in [-0.15, -0.1) is 10.2 Å².